The molecule has 0 aliphatic carbocycles. The topological polar surface area (TPSA) is 30.5 Å². The Labute approximate surface area is 185 Å². The number of ether oxygens (including phenoxy) is 2. The Morgan fingerprint density at radius 3 is 2.12 bits per heavy atom. The van der Waals surface area contributed by atoms with Crippen molar-refractivity contribution in [3.05, 3.63) is 70.5 Å². The van der Waals surface area contributed by atoms with Crippen molar-refractivity contribution in [3.63, 3.8) is 0 Å². The number of hydrogen-bond acceptors (Lipinski definition) is 3. The van der Waals surface area contributed by atoms with Gasteiger partial charge >= 0.3 is 12.4 Å². The minimum Gasteiger partial charge on any atom is -0.352 e. The van der Waals surface area contributed by atoms with Crippen LogP contribution in [-0.2, 0) is 21.8 Å². The van der Waals surface area contributed by atoms with Crippen LogP contribution in [0.4, 0.5) is 30.7 Å². The molecule has 0 amide bonds. The summed E-state index contributed by atoms with van der Waals surface area (Å²) in [5.41, 5.74) is -2.33. The van der Waals surface area contributed by atoms with Gasteiger partial charge in [0.25, 0.3) is 0 Å². The van der Waals surface area contributed by atoms with Crippen molar-refractivity contribution in [2.75, 3.05) is 19.7 Å². The number of rotatable bonds is 4. The first-order valence-corrected chi connectivity index (χ1v) is 10.5. The molecule has 10 heteroatoms. The third kappa shape index (κ3) is 5.17. The van der Waals surface area contributed by atoms with Gasteiger partial charge in [-0.3, -0.25) is 0 Å². The zero-order valence-electron chi connectivity index (χ0n) is 17.5. The summed E-state index contributed by atoms with van der Waals surface area (Å²) in [5.74, 6) is -0.560. The van der Waals surface area contributed by atoms with E-state index in [0.717, 1.165) is 5.56 Å². The van der Waals surface area contributed by atoms with Crippen LogP contribution in [0.3, 0.4) is 0 Å². The minimum atomic E-state index is -4.95. The summed E-state index contributed by atoms with van der Waals surface area (Å²) in [7, 11) is 0. The molecule has 2 aromatic rings. The molecule has 0 aromatic heterocycles. The fraction of sp³-hybridized carbons (Fsp3) is 0.478. The second-order valence-corrected chi connectivity index (χ2v) is 8.48. The smallest absolute Gasteiger partial charge is 0.352 e. The molecule has 2 aromatic carbocycles. The first-order valence-electron chi connectivity index (χ1n) is 10.5. The van der Waals surface area contributed by atoms with Crippen molar-refractivity contribution in [2.24, 2.45) is 11.8 Å². The number of benzene rings is 2. The molecule has 0 spiro atoms. The summed E-state index contributed by atoms with van der Waals surface area (Å²) in [6.45, 7) is 3.09. The molecule has 3 nitrogen and oxygen atoms in total. The highest BCUT2D eigenvalue weighted by atomic mass is 19.4. The van der Waals surface area contributed by atoms with Gasteiger partial charge in [0.05, 0.1) is 23.8 Å². The van der Waals surface area contributed by atoms with Gasteiger partial charge < -0.3 is 14.8 Å². The predicted octanol–water partition coefficient (Wildman–Crippen LogP) is 5.92. The number of hydrogen-bond donors (Lipinski definition) is 1. The van der Waals surface area contributed by atoms with E-state index >= 15 is 0 Å². The maximum absolute atomic E-state index is 13.5. The molecule has 0 saturated carbocycles. The van der Waals surface area contributed by atoms with Crippen molar-refractivity contribution < 1.29 is 40.2 Å². The van der Waals surface area contributed by atoms with Crippen LogP contribution in [0.5, 0.6) is 0 Å². The van der Waals surface area contributed by atoms with Gasteiger partial charge in [0.15, 0.2) is 6.29 Å². The monoisotopic (exact) mass is 477 g/mol. The quantitative estimate of drug-likeness (QED) is 0.555. The van der Waals surface area contributed by atoms with Crippen LogP contribution in [0.1, 0.15) is 41.2 Å². The second-order valence-electron chi connectivity index (χ2n) is 8.48. The van der Waals surface area contributed by atoms with Gasteiger partial charge in [-0.1, -0.05) is 12.1 Å². The predicted molar refractivity (Wildman–Crippen MR) is 105 cm³/mol. The number of nitrogens with one attached hydrogen (secondary N) is 1. The summed E-state index contributed by atoms with van der Waals surface area (Å²) in [4.78, 5) is 0. The van der Waals surface area contributed by atoms with E-state index in [-0.39, 0.29) is 29.4 Å². The molecule has 0 unspecified atom stereocenters. The lowest BCUT2D eigenvalue weighted by Gasteiger charge is -2.40. The molecular formula is C23H22F7NO2. The lowest BCUT2D eigenvalue weighted by Crippen LogP contribution is -2.42. The SMILES string of the molecule is C[C@@H](O[C@H]1OC[C@H]2CNC[C@H]2[C@@H]1c1ccc(F)cc1)c1cc(C(F)(F)F)cc(C(F)(F)F)c1. The van der Waals surface area contributed by atoms with Crippen LogP contribution in [0.25, 0.3) is 0 Å². The van der Waals surface area contributed by atoms with Gasteiger partial charge in [-0.25, -0.2) is 4.39 Å². The maximum Gasteiger partial charge on any atom is 0.416 e. The fourth-order valence-corrected chi connectivity index (χ4v) is 4.59. The molecule has 2 aliphatic rings. The molecule has 2 fully saturated rings. The van der Waals surface area contributed by atoms with Gasteiger partial charge in [0, 0.05) is 12.5 Å². The Kier molecular flexibility index (Phi) is 6.45. The first kappa shape index (κ1) is 24.0. The van der Waals surface area contributed by atoms with Crippen LogP contribution in [-0.4, -0.2) is 26.0 Å². The van der Waals surface area contributed by atoms with E-state index < -0.39 is 41.7 Å². The largest absolute Gasteiger partial charge is 0.416 e. The van der Waals surface area contributed by atoms with E-state index in [1.807, 2.05) is 0 Å². The molecule has 4 rings (SSSR count). The number of halogens is 7. The Bertz CT molecular complexity index is 942. The lowest BCUT2D eigenvalue weighted by molar-refractivity contribution is -0.217. The van der Waals surface area contributed by atoms with Crippen molar-refractivity contribution in [2.45, 2.75) is 37.6 Å². The van der Waals surface area contributed by atoms with E-state index in [0.29, 0.717) is 31.8 Å². The van der Waals surface area contributed by atoms with E-state index in [2.05, 4.69) is 5.32 Å². The van der Waals surface area contributed by atoms with Crippen LogP contribution >= 0.6 is 0 Å². The van der Waals surface area contributed by atoms with Crippen LogP contribution < -0.4 is 5.32 Å². The summed E-state index contributed by atoms with van der Waals surface area (Å²) in [5, 5.41) is 3.27. The second kappa shape index (κ2) is 8.88. The number of alkyl halides is 6. The molecule has 1 N–H and O–H groups in total. The third-order valence-electron chi connectivity index (χ3n) is 6.29. The van der Waals surface area contributed by atoms with Crippen LogP contribution in [0, 0.1) is 17.7 Å². The number of fused-ring (bicyclic) bond motifs is 1. The highest BCUT2D eigenvalue weighted by Crippen LogP contribution is 2.43. The zero-order valence-corrected chi connectivity index (χ0v) is 17.5. The third-order valence-corrected chi connectivity index (χ3v) is 6.29. The Morgan fingerprint density at radius 2 is 1.55 bits per heavy atom. The molecule has 2 saturated heterocycles. The normalized spacial score (nSPS) is 26.8. The standard InChI is InChI=1S/C23H22F7NO2/c1-12(14-6-16(22(25,26)27)8-17(7-14)23(28,29)30)33-21-20(13-2-4-18(24)5-3-13)19-10-31-9-15(19)11-32-21/h2-8,12,15,19-21,31H,9-11H2,1H3/t12-,15-,19-,20+,21-/m1/s1. The van der Waals surface area contributed by atoms with Crippen molar-refractivity contribution in [3.8, 4) is 0 Å². The fourth-order valence-electron chi connectivity index (χ4n) is 4.59. The van der Waals surface area contributed by atoms with Crippen molar-refractivity contribution >= 4 is 0 Å². The summed E-state index contributed by atoms with van der Waals surface area (Å²) in [6, 6.07) is 7.19. The molecule has 180 valence electrons. The molecular weight excluding hydrogens is 455 g/mol. The van der Waals surface area contributed by atoms with Crippen LogP contribution in [0.2, 0.25) is 0 Å². The zero-order chi connectivity index (χ0) is 24.0. The first-order chi connectivity index (χ1) is 15.4. The average molecular weight is 477 g/mol. The molecule has 2 heterocycles. The molecule has 33 heavy (non-hydrogen) atoms. The molecule has 2 aliphatic heterocycles. The van der Waals surface area contributed by atoms with Gasteiger partial charge in [-0.2, -0.15) is 26.3 Å². The van der Waals surface area contributed by atoms with Crippen molar-refractivity contribution in [1.82, 2.24) is 5.32 Å². The van der Waals surface area contributed by atoms with Gasteiger partial charge in [0.1, 0.15) is 5.82 Å². The van der Waals surface area contributed by atoms with E-state index in [4.69, 9.17) is 9.47 Å². The highest BCUT2D eigenvalue weighted by Gasteiger charge is 2.45. The Morgan fingerprint density at radius 1 is 0.939 bits per heavy atom. The Hall–Kier alpha value is -2.17. The maximum atomic E-state index is 13.5. The van der Waals surface area contributed by atoms with E-state index in [1.165, 1.54) is 19.1 Å². The lowest BCUT2D eigenvalue weighted by atomic mass is 9.77. The van der Waals surface area contributed by atoms with E-state index in [1.54, 1.807) is 12.1 Å². The summed E-state index contributed by atoms with van der Waals surface area (Å²) >= 11 is 0. The average Bonchev–Trinajstić information content (AvgIpc) is 3.21. The highest BCUT2D eigenvalue weighted by molar-refractivity contribution is 5.35. The molecule has 5 atom stereocenters. The van der Waals surface area contributed by atoms with Gasteiger partial charge in [-0.05, 0) is 66.8 Å². The summed E-state index contributed by atoms with van der Waals surface area (Å²) < 4.78 is 105. The van der Waals surface area contributed by atoms with Gasteiger partial charge in [-0.15, -0.1) is 0 Å². The Balaban J connectivity index is 1.65. The minimum absolute atomic E-state index is 0.0636. The van der Waals surface area contributed by atoms with Gasteiger partial charge in [0.2, 0.25) is 0 Å². The van der Waals surface area contributed by atoms with E-state index in [9.17, 15) is 30.7 Å². The molecule has 0 radical (unpaired) electrons. The van der Waals surface area contributed by atoms with Crippen molar-refractivity contribution in [1.29, 1.82) is 0 Å². The summed E-state index contributed by atoms with van der Waals surface area (Å²) in [6.07, 6.45) is -11.9. The molecule has 0 bridgehead atoms. The van der Waals surface area contributed by atoms with Crippen LogP contribution in [0.15, 0.2) is 42.5 Å².